The fourth-order valence-corrected chi connectivity index (χ4v) is 3.12. The lowest BCUT2D eigenvalue weighted by molar-refractivity contribution is -0.120. The number of hydrogen-bond acceptors (Lipinski definition) is 5. The van der Waals surface area contributed by atoms with E-state index in [1.807, 2.05) is 19.1 Å². The van der Waals surface area contributed by atoms with Crippen molar-refractivity contribution >= 4 is 5.91 Å². The molecule has 1 saturated heterocycles. The van der Waals surface area contributed by atoms with Crippen molar-refractivity contribution in [1.82, 2.24) is 15.2 Å². The number of aromatic nitrogens is 1. The summed E-state index contributed by atoms with van der Waals surface area (Å²) in [6, 6.07) is 8.23. The second-order valence-corrected chi connectivity index (χ2v) is 7.28. The summed E-state index contributed by atoms with van der Waals surface area (Å²) >= 11 is 0. The number of amides is 1. The summed E-state index contributed by atoms with van der Waals surface area (Å²) in [6.07, 6.45) is 0.239. The zero-order chi connectivity index (χ0) is 19.2. The molecular weight excluding hydrogens is 342 g/mol. The fourth-order valence-electron chi connectivity index (χ4n) is 3.12. The molecule has 0 radical (unpaired) electrons. The molecule has 0 saturated carbocycles. The van der Waals surface area contributed by atoms with Crippen LogP contribution >= 0.6 is 0 Å². The molecule has 1 fully saturated rings. The summed E-state index contributed by atoms with van der Waals surface area (Å²) in [5.41, 5.74) is 2.91. The van der Waals surface area contributed by atoms with Crippen molar-refractivity contribution in [2.75, 3.05) is 39.4 Å². The van der Waals surface area contributed by atoms with Crippen LogP contribution in [0.5, 0.6) is 0 Å². The quantitative estimate of drug-likeness (QED) is 0.811. The standard InChI is InChI=1S/C21H29N3O3/c1-15(2)17-4-6-18(7-5-17)21-23-19(16(3)27-21)14-20(25)22-8-9-24-10-12-26-13-11-24/h4-7,15H,8-14H2,1-3H3,(H,22,25). The number of benzene rings is 1. The number of nitrogens with zero attached hydrogens (tertiary/aromatic N) is 2. The van der Waals surface area contributed by atoms with Crippen LogP contribution in [-0.2, 0) is 16.0 Å². The van der Waals surface area contributed by atoms with Gasteiger partial charge in [0, 0.05) is 31.7 Å². The Kier molecular flexibility index (Phi) is 6.63. The van der Waals surface area contributed by atoms with Gasteiger partial charge in [-0.05, 0) is 30.5 Å². The van der Waals surface area contributed by atoms with Crippen molar-refractivity contribution in [2.45, 2.75) is 33.1 Å². The summed E-state index contributed by atoms with van der Waals surface area (Å²) in [4.78, 5) is 19.1. The number of rotatable bonds is 7. The third-order valence-corrected chi connectivity index (χ3v) is 4.90. The predicted molar refractivity (Wildman–Crippen MR) is 105 cm³/mol. The molecule has 3 rings (SSSR count). The van der Waals surface area contributed by atoms with Gasteiger partial charge in [0.2, 0.25) is 11.8 Å². The Morgan fingerprint density at radius 1 is 1.22 bits per heavy atom. The Bertz CT molecular complexity index is 747. The predicted octanol–water partition coefficient (Wildman–Crippen LogP) is 2.76. The van der Waals surface area contributed by atoms with Gasteiger partial charge in [-0.3, -0.25) is 9.69 Å². The number of nitrogens with one attached hydrogen (secondary N) is 1. The summed E-state index contributed by atoms with van der Waals surface area (Å²) < 4.78 is 11.1. The minimum absolute atomic E-state index is 0.0265. The largest absolute Gasteiger partial charge is 0.441 e. The average Bonchev–Trinajstić information content (AvgIpc) is 3.03. The fraction of sp³-hybridized carbons (Fsp3) is 0.524. The molecule has 0 spiro atoms. The van der Waals surface area contributed by atoms with Gasteiger partial charge in [-0.25, -0.2) is 4.98 Å². The maximum atomic E-state index is 12.2. The molecule has 0 aliphatic carbocycles. The number of ether oxygens (including phenoxy) is 1. The second-order valence-electron chi connectivity index (χ2n) is 7.28. The van der Waals surface area contributed by atoms with Gasteiger partial charge >= 0.3 is 0 Å². The van der Waals surface area contributed by atoms with Gasteiger partial charge in [0.15, 0.2) is 0 Å². The van der Waals surface area contributed by atoms with Crippen molar-refractivity contribution in [2.24, 2.45) is 0 Å². The molecule has 1 aliphatic heterocycles. The Morgan fingerprint density at radius 2 is 1.93 bits per heavy atom. The third-order valence-electron chi connectivity index (χ3n) is 4.90. The summed E-state index contributed by atoms with van der Waals surface area (Å²) in [5, 5.41) is 2.97. The summed E-state index contributed by atoms with van der Waals surface area (Å²) in [5.74, 6) is 1.73. The van der Waals surface area contributed by atoms with Crippen molar-refractivity contribution in [3.05, 3.63) is 41.3 Å². The molecule has 1 N–H and O–H groups in total. The first-order chi connectivity index (χ1) is 13.0. The van der Waals surface area contributed by atoms with Crippen LogP contribution in [0.3, 0.4) is 0 Å². The van der Waals surface area contributed by atoms with Crippen LogP contribution in [0.25, 0.3) is 11.5 Å². The average molecular weight is 371 g/mol. The van der Waals surface area contributed by atoms with Crippen LogP contribution in [0.2, 0.25) is 0 Å². The van der Waals surface area contributed by atoms with E-state index in [0.717, 1.165) is 38.4 Å². The highest BCUT2D eigenvalue weighted by atomic mass is 16.5. The van der Waals surface area contributed by atoms with Crippen molar-refractivity contribution in [3.8, 4) is 11.5 Å². The van der Waals surface area contributed by atoms with E-state index < -0.39 is 0 Å². The number of aryl methyl sites for hydroxylation is 1. The van der Waals surface area contributed by atoms with Gasteiger partial charge in [0.05, 0.1) is 25.3 Å². The van der Waals surface area contributed by atoms with Gasteiger partial charge in [-0.15, -0.1) is 0 Å². The highest BCUT2D eigenvalue weighted by Gasteiger charge is 2.15. The van der Waals surface area contributed by atoms with E-state index in [1.54, 1.807) is 0 Å². The number of hydrogen-bond donors (Lipinski definition) is 1. The van der Waals surface area contributed by atoms with Crippen molar-refractivity contribution < 1.29 is 13.9 Å². The van der Waals surface area contributed by atoms with E-state index in [1.165, 1.54) is 5.56 Å². The molecule has 2 aromatic rings. The molecule has 1 aromatic heterocycles. The van der Waals surface area contributed by atoms with Crippen molar-refractivity contribution in [1.29, 1.82) is 0 Å². The Hall–Kier alpha value is -2.18. The van der Waals surface area contributed by atoms with Gasteiger partial charge in [-0.1, -0.05) is 26.0 Å². The minimum atomic E-state index is -0.0265. The third kappa shape index (κ3) is 5.40. The smallest absolute Gasteiger partial charge is 0.226 e. The highest BCUT2D eigenvalue weighted by molar-refractivity contribution is 5.78. The molecule has 6 heteroatoms. The molecule has 1 amide bonds. The molecule has 27 heavy (non-hydrogen) atoms. The molecule has 0 bridgehead atoms. The van der Waals surface area contributed by atoms with E-state index in [9.17, 15) is 4.79 Å². The lowest BCUT2D eigenvalue weighted by atomic mass is 10.0. The van der Waals surface area contributed by atoms with Crippen LogP contribution in [0.15, 0.2) is 28.7 Å². The molecule has 2 heterocycles. The zero-order valence-corrected chi connectivity index (χ0v) is 16.5. The normalized spacial score (nSPS) is 15.3. The van der Waals surface area contributed by atoms with Gasteiger partial charge < -0.3 is 14.5 Å². The molecule has 0 unspecified atom stereocenters. The Labute approximate surface area is 160 Å². The molecule has 1 aliphatic rings. The number of carbonyl (C=O) groups is 1. The number of carbonyl (C=O) groups excluding carboxylic acids is 1. The second kappa shape index (κ2) is 9.15. The first-order valence-electron chi connectivity index (χ1n) is 9.66. The molecule has 0 atom stereocenters. The van der Waals surface area contributed by atoms with Crippen LogP contribution < -0.4 is 5.32 Å². The minimum Gasteiger partial charge on any atom is -0.441 e. The lowest BCUT2D eigenvalue weighted by Gasteiger charge is -2.26. The topological polar surface area (TPSA) is 67.6 Å². The van der Waals surface area contributed by atoms with Gasteiger partial charge in [-0.2, -0.15) is 0 Å². The SMILES string of the molecule is Cc1oc(-c2ccc(C(C)C)cc2)nc1CC(=O)NCCN1CCOCC1. The van der Waals surface area contributed by atoms with Gasteiger partial charge in [0.25, 0.3) is 0 Å². The number of morpholine rings is 1. The first kappa shape index (κ1) is 19.6. The van der Waals surface area contributed by atoms with Crippen LogP contribution in [0.1, 0.15) is 36.8 Å². The van der Waals surface area contributed by atoms with E-state index in [4.69, 9.17) is 9.15 Å². The van der Waals surface area contributed by atoms with Gasteiger partial charge in [0.1, 0.15) is 5.76 Å². The highest BCUT2D eigenvalue weighted by Crippen LogP contribution is 2.24. The maximum Gasteiger partial charge on any atom is 0.226 e. The van der Waals surface area contributed by atoms with Crippen molar-refractivity contribution in [3.63, 3.8) is 0 Å². The van der Waals surface area contributed by atoms with E-state index >= 15 is 0 Å². The van der Waals surface area contributed by atoms with E-state index in [0.29, 0.717) is 29.8 Å². The lowest BCUT2D eigenvalue weighted by Crippen LogP contribution is -2.41. The first-order valence-corrected chi connectivity index (χ1v) is 9.66. The Balaban J connectivity index is 1.53. The van der Waals surface area contributed by atoms with Crippen LogP contribution in [0, 0.1) is 6.92 Å². The molecule has 146 valence electrons. The summed E-state index contributed by atoms with van der Waals surface area (Å²) in [7, 11) is 0. The molecule has 6 nitrogen and oxygen atoms in total. The van der Waals surface area contributed by atoms with Crippen LogP contribution in [-0.4, -0.2) is 55.2 Å². The zero-order valence-electron chi connectivity index (χ0n) is 16.5. The monoisotopic (exact) mass is 371 g/mol. The summed E-state index contributed by atoms with van der Waals surface area (Å²) in [6.45, 7) is 11.1. The van der Waals surface area contributed by atoms with Crippen LogP contribution in [0.4, 0.5) is 0 Å². The molecular formula is C21H29N3O3. The molecule has 1 aromatic carbocycles. The maximum absolute atomic E-state index is 12.2. The number of oxazole rings is 1. The van der Waals surface area contributed by atoms with E-state index in [2.05, 4.69) is 41.2 Å². The van der Waals surface area contributed by atoms with E-state index in [-0.39, 0.29) is 12.3 Å². The Morgan fingerprint density at radius 3 is 2.59 bits per heavy atom.